The lowest BCUT2D eigenvalue weighted by Gasteiger charge is -2.38. The van der Waals surface area contributed by atoms with E-state index in [0.717, 1.165) is 23.3 Å². The molecule has 0 aliphatic carbocycles. The molecule has 3 heterocycles. The Hall–Kier alpha value is -1.66. The van der Waals surface area contributed by atoms with Gasteiger partial charge in [0.2, 0.25) is 0 Å². The third kappa shape index (κ3) is 4.49. The highest BCUT2D eigenvalue weighted by molar-refractivity contribution is 6.31. The molecule has 3 rings (SSSR count). The van der Waals surface area contributed by atoms with E-state index in [1.54, 1.807) is 6.08 Å². The van der Waals surface area contributed by atoms with Gasteiger partial charge in [-0.05, 0) is 30.9 Å². The summed E-state index contributed by atoms with van der Waals surface area (Å²) in [7, 11) is 0. The van der Waals surface area contributed by atoms with Crippen LogP contribution in [0.5, 0.6) is 0 Å². The van der Waals surface area contributed by atoms with E-state index in [0.29, 0.717) is 36.8 Å². The Balaban J connectivity index is 1.93. The Morgan fingerprint density at radius 3 is 2.86 bits per heavy atom. The Bertz CT molecular complexity index is 787. The van der Waals surface area contributed by atoms with Crippen LogP contribution in [0.1, 0.15) is 19.3 Å². The second-order valence-corrected chi connectivity index (χ2v) is 7.76. The summed E-state index contributed by atoms with van der Waals surface area (Å²) < 4.78 is 6.63. The van der Waals surface area contributed by atoms with Gasteiger partial charge in [0, 0.05) is 35.8 Å². The van der Waals surface area contributed by atoms with Crippen molar-refractivity contribution in [2.75, 3.05) is 25.5 Å². The third-order valence-electron chi connectivity index (χ3n) is 5.25. The molecule has 3 aliphatic heterocycles. The highest BCUT2D eigenvalue weighted by atomic mass is 35.5. The van der Waals surface area contributed by atoms with Crippen LogP contribution in [0.25, 0.3) is 0 Å². The van der Waals surface area contributed by atoms with Crippen molar-refractivity contribution in [3.63, 3.8) is 0 Å². The first-order valence-corrected chi connectivity index (χ1v) is 10.2. The number of hydrogen-bond acceptors (Lipinski definition) is 4. The van der Waals surface area contributed by atoms with Crippen LogP contribution in [-0.2, 0) is 9.53 Å². The van der Waals surface area contributed by atoms with Crippen LogP contribution in [0.3, 0.4) is 0 Å². The minimum absolute atomic E-state index is 0.0453. The average molecular weight is 423 g/mol. The zero-order valence-corrected chi connectivity index (χ0v) is 17.1. The first-order valence-electron chi connectivity index (χ1n) is 9.30. The number of aliphatic imine (C=N–C) groups is 1. The van der Waals surface area contributed by atoms with Gasteiger partial charge in [-0.3, -0.25) is 14.7 Å². The van der Waals surface area contributed by atoms with Gasteiger partial charge < -0.3 is 9.84 Å². The van der Waals surface area contributed by atoms with E-state index < -0.39 is 11.6 Å². The van der Waals surface area contributed by atoms with Gasteiger partial charge in [-0.15, -0.1) is 11.6 Å². The van der Waals surface area contributed by atoms with Crippen molar-refractivity contribution in [3.05, 3.63) is 59.3 Å². The maximum Gasteiger partial charge on any atom is 0.317 e. The zero-order chi connectivity index (χ0) is 20.1. The van der Waals surface area contributed by atoms with Crippen LogP contribution in [-0.4, -0.2) is 58.9 Å². The van der Waals surface area contributed by atoms with Gasteiger partial charge in [-0.1, -0.05) is 42.5 Å². The molecule has 150 valence electrons. The lowest BCUT2D eigenvalue weighted by molar-refractivity contribution is -0.139. The van der Waals surface area contributed by atoms with Gasteiger partial charge in [0.05, 0.1) is 12.3 Å². The Kier molecular flexibility index (Phi) is 6.94. The van der Waals surface area contributed by atoms with Gasteiger partial charge >= 0.3 is 5.97 Å². The molecular formula is C21H24Cl2N2O3. The molecule has 0 aromatic heterocycles. The summed E-state index contributed by atoms with van der Waals surface area (Å²) in [6, 6.07) is 0. The fraction of sp³-hybridized carbons (Fsp3) is 0.429. The van der Waals surface area contributed by atoms with Crippen LogP contribution in [0, 0.1) is 0 Å². The molecule has 0 aromatic rings. The largest absolute Gasteiger partial charge is 0.480 e. The highest BCUT2D eigenvalue weighted by Crippen LogP contribution is 2.43. The summed E-state index contributed by atoms with van der Waals surface area (Å²) in [6.07, 6.45) is 13.1. The number of allylic oxidation sites excluding steroid dienone is 5. The Morgan fingerprint density at radius 1 is 1.46 bits per heavy atom. The summed E-state index contributed by atoms with van der Waals surface area (Å²) in [5.74, 6) is -0.474. The summed E-state index contributed by atoms with van der Waals surface area (Å²) in [5.41, 5.74) is 2.33. The fourth-order valence-corrected chi connectivity index (χ4v) is 4.23. The normalized spacial score (nSPS) is 25.1. The number of rotatable bonds is 6. The summed E-state index contributed by atoms with van der Waals surface area (Å²) in [4.78, 5) is 17.7. The van der Waals surface area contributed by atoms with E-state index in [-0.39, 0.29) is 12.6 Å². The summed E-state index contributed by atoms with van der Waals surface area (Å²) in [6.45, 7) is 5.05. The van der Waals surface area contributed by atoms with Crippen LogP contribution in [0.2, 0.25) is 0 Å². The Labute approximate surface area is 175 Å². The number of fused-ring (bicyclic) bond motifs is 2. The molecule has 0 saturated carbocycles. The molecule has 1 atom stereocenters. The van der Waals surface area contributed by atoms with E-state index in [2.05, 4.69) is 12.7 Å². The lowest BCUT2D eigenvalue weighted by atomic mass is 9.84. The number of carboxylic acids is 1. The lowest BCUT2D eigenvalue weighted by Crippen LogP contribution is -2.49. The minimum Gasteiger partial charge on any atom is -0.480 e. The van der Waals surface area contributed by atoms with E-state index in [9.17, 15) is 4.79 Å². The molecule has 0 bridgehead atoms. The van der Waals surface area contributed by atoms with Gasteiger partial charge in [-0.2, -0.15) is 0 Å². The average Bonchev–Trinajstić information content (AvgIpc) is 2.82. The number of nitrogens with zero attached hydrogens (tertiary/aromatic N) is 2. The first-order chi connectivity index (χ1) is 13.5. The number of carbonyl (C=O) groups is 1. The molecule has 3 aliphatic rings. The minimum atomic E-state index is -0.812. The Morgan fingerprint density at radius 2 is 2.21 bits per heavy atom. The van der Waals surface area contributed by atoms with Gasteiger partial charge in [0.15, 0.2) is 0 Å². The molecule has 1 spiro atoms. The van der Waals surface area contributed by atoms with Crippen molar-refractivity contribution in [1.29, 1.82) is 0 Å². The molecule has 2 fully saturated rings. The SMILES string of the molecule is C=C/C(Cl)=C\C(=C/CCl)C1OC2(CCN(CC(=O)O)CC2)C2=NC=CCC=C21. The summed E-state index contributed by atoms with van der Waals surface area (Å²) >= 11 is 12.2. The number of carboxylic acid groups (broad SMARTS) is 1. The molecule has 1 N–H and O–H groups in total. The number of likely N-dealkylation sites (tertiary alicyclic amines) is 1. The third-order valence-corrected chi connectivity index (χ3v) is 5.67. The van der Waals surface area contributed by atoms with Crippen LogP contribution in [0.4, 0.5) is 0 Å². The molecule has 0 radical (unpaired) electrons. The molecule has 0 aromatic carbocycles. The highest BCUT2D eigenvalue weighted by Gasteiger charge is 2.51. The molecular weight excluding hydrogens is 399 g/mol. The van der Waals surface area contributed by atoms with Crippen molar-refractivity contribution in [2.24, 2.45) is 4.99 Å². The van der Waals surface area contributed by atoms with Gasteiger partial charge in [0.25, 0.3) is 0 Å². The number of hydrogen-bond donors (Lipinski definition) is 1. The van der Waals surface area contributed by atoms with Gasteiger partial charge in [0.1, 0.15) is 11.7 Å². The van der Waals surface area contributed by atoms with E-state index in [1.165, 1.54) is 0 Å². The predicted octanol–water partition coefficient (Wildman–Crippen LogP) is 4.06. The molecule has 28 heavy (non-hydrogen) atoms. The molecule has 0 amide bonds. The van der Waals surface area contributed by atoms with Crippen molar-refractivity contribution < 1.29 is 14.6 Å². The molecule has 5 nitrogen and oxygen atoms in total. The van der Waals surface area contributed by atoms with E-state index in [1.807, 2.05) is 29.3 Å². The standard InChI is InChI=1S/C21H24Cl2N2O3/c1-2-16(23)13-15(6-9-22)19-17-5-3-4-10-24-20(17)21(28-19)7-11-25(12-8-21)14-18(26)27/h2,4-6,10,13,19H,1,3,7-9,11-12,14H2,(H,26,27)/b15-6+,16-13+. The predicted molar refractivity (Wildman–Crippen MR) is 113 cm³/mol. The zero-order valence-electron chi connectivity index (χ0n) is 15.6. The first kappa shape index (κ1) is 21.1. The second kappa shape index (κ2) is 9.23. The number of alkyl halides is 1. The van der Waals surface area contributed by atoms with Crippen molar-refractivity contribution in [1.82, 2.24) is 4.90 Å². The maximum absolute atomic E-state index is 11.0. The van der Waals surface area contributed by atoms with Crippen LogP contribution in [0.15, 0.2) is 64.3 Å². The number of halogens is 2. The van der Waals surface area contributed by atoms with E-state index >= 15 is 0 Å². The fourth-order valence-electron chi connectivity index (χ4n) is 3.93. The quantitative estimate of drug-likeness (QED) is 0.517. The van der Waals surface area contributed by atoms with E-state index in [4.69, 9.17) is 38.0 Å². The van der Waals surface area contributed by atoms with Crippen molar-refractivity contribution in [2.45, 2.75) is 31.0 Å². The van der Waals surface area contributed by atoms with Crippen molar-refractivity contribution >= 4 is 34.9 Å². The van der Waals surface area contributed by atoms with Crippen LogP contribution < -0.4 is 0 Å². The van der Waals surface area contributed by atoms with Crippen LogP contribution >= 0.6 is 23.2 Å². The van der Waals surface area contributed by atoms with Crippen molar-refractivity contribution in [3.8, 4) is 0 Å². The molecule has 2 saturated heterocycles. The monoisotopic (exact) mass is 422 g/mol. The topological polar surface area (TPSA) is 62.1 Å². The number of aliphatic carboxylic acids is 1. The summed E-state index contributed by atoms with van der Waals surface area (Å²) in [5, 5.41) is 9.58. The molecule has 1 unspecified atom stereocenters. The number of piperidine rings is 1. The molecule has 7 heteroatoms. The van der Waals surface area contributed by atoms with Gasteiger partial charge in [-0.25, -0.2) is 0 Å². The number of ether oxygens (including phenoxy) is 1. The second-order valence-electron chi connectivity index (χ2n) is 7.01. The maximum atomic E-state index is 11.0. The smallest absolute Gasteiger partial charge is 0.317 e.